The zero-order valence-electron chi connectivity index (χ0n) is 18.6. The zero-order chi connectivity index (χ0) is 22.2. The van der Waals surface area contributed by atoms with Crippen LogP contribution >= 0.6 is 0 Å². The number of aromatic nitrogens is 2. The molecule has 0 aliphatic carbocycles. The van der Waals surface area contributed by atoms with Gasteiger partial charge in [0.25, 0.3) is 0 Å². The Morgan fingerprint density at radius 1 is 1.19 bits per heavy atom. The van der Waals surface area contributed by atoms with Gasteiger partial charge in [0.2, 0.25) is 0 Å². The summed E-state index contributed by atoms with van der Waals surface area (Å²) in [4.78, 5) is 19.3. The summed E-state index contributed by atoms with van der Waals surface area (Å²) in [5.41, 5.74) is 8.31. The average Bonchev–Trinajstić information content (AvgIpc) is 3.04. The molecule has 0 radical (unpaired) electrons. The molecule has 2 aliphatic heterocycles. The van der Waals surface area contributed by atoms with Crippen LogP contribution in [-0.2, 0) is 6.54 Å². The van der Waals surface area contributed by atoms with Crippen molar-refractivity contribution in [2.24, 2.45) is 4.99 Å². The molecule has 2 amide bonds. The Kier molecular flexibility index (Phi) is 5.13. The minimum Gasteiger partial charge on any atom is -0.313 e. The number of amides is 2. The molecule has 0 saturated heterocycles. The number of aryl methyl sites for hydroxylation is 1. The number of nitrogens with zero attached hydrogens (tertiary/aromatic N) is 3. The van der Waals surface area contributed by atoms with Crippen LogP contribution in [0.25, 0.3) is 16.5 Å². The molecular weight excluding hydrogens is 398 g/mol. The van der Waals surface area contributed by atoms with Crippen molar-refractivity contribution in [1.29, 1.82) is 0 Å². The number of H-pyrrole nitrogens is 1. The Morgan fingerprint density at radius 2 is 2.06 bits per heavy atom. The van der Waals surface area contributed by atoms with E-state index in [4.69, 9.17) is 0 Å². The van der Waals surface area contributed by atoms with Crippen LogP contribution in [-0.4, -0.2) is 33.9 Å². The van der Waals surface area contributed by atoms with E-state index in [2.05, 4.69) is 77.7 Å². The lowest BCUT2D eigenvalue weighted by molar-refractivity contribution is 0.186. The van der Waals surface area contributed by atoms with E-state index >= 15 is 0 Å². The van der Waals surface area contributed by atoms with E-state index in [1.165, 1.54) is 11.1 Å². The molecule has 0 saturated carbocycles. The highest BCUT2D eigenvalue weighted by Crippen LogP contribution is 2.34. The van der Waals surface area contributed by atoms with Crippen LogP contribution in [0.3, 0.4) is 0 Å². The fraction of sp³-hybridized carbons (Fsp3) is 0.269. The average molecular weight is 426 g/mol. The number of fused-ring (bicyclic) bond motifs is 2. The molecule has 5 rings (SSSR count). The molecule has 0 bridgehead atoms. The maximum Gasteiger partial charge on any atom is 0.322 e. The summed E-state index contributed by atoms with van der Waals surface area (Å²) in [6, 6.07) is 12.3. The first-order valence-electron chi connectivity index (χ1n) is 11.1. The molecule has 162 valence electrons. The third-order valence-electron chi connectivity index (χ3n) is 6.37. The number of hydrogen-bond donors (Lipinski definition) is 2. The summed E-state index contributed by atoms with van der Waals surface area (Å²) in [6.45, 7) is 7.57. The third-order valence-corrected chi connectivity index (χ3v) is 6.37. The number of benzene rings is 2. The van der Waals surface area contributed by atoms with Crippen molar-refractivity contribution in [3.05, 3.63) is 76.5 Å². The van der Waals surface area contributed by atoms with Gasteiger partial charge in [-0.3, -0.25) is 10.1 Å². The Hall–Kier alpha value is -3.67. The minimum atomic E-state index is -0.0820. The van der Waals surface area contributed by atoms with Crippen LogP contribution in [0.15, 0.2) is 59.1 Å². The SMILES string of the molecule is CCC1=CC=C(c2n[nH]c3cc4c(cc23)CN([C@H](C)c2cccc(C)c2)C(=O)N4)C=NC1. The number of aliphatic imine (C=N–C) groups is 1. The molecule has 2 aromatic carbocycles. The van der Waals surface area contributed by atoms with Gasteiger partial charge in [-0.2, -0.15) is 5.10 Å². The molecular formula is C26H27N5O. The maximum atomic E-state index is 12.9. The van der Waals surface area contributed by atoms with Crippen molar-refractivity contribution in [3.63, 3.8) is 0 Å². The third kappa shape index (κ3) is 3.62. The van der Waals surface area contributed by atoms with Crippen molar-refractivity contribution in [3.8, 4) is 0 Å². The van der Waals surface area contributed by atoms with E-state index in [0.717, 1.165) is 51.9 Å². The first-order chi connectivity index (χ1) is 15.5. The summed E-state index contributed by atoms with van der Waals surface area (Å²) in [5.74, 6) is 0. The highest BCUT2D eigenvalue weighted by atomic mass is 16.2. The second-order valence-electron chi connectivity index (χ2n) is 8.55. The Labute approximate surface area is 187 Å². The summed E-state index contributed by atoms with van der Waals surface area (Å²) >= 11 is 0. The summed E-state index contributed by atoms with van der Waals surface area (Å²) in [5, 5.41) is 11.8. The van der Waals surface area contributed by atoms with Crippen LogP contribution in [0.2, 0.25) is 0 Å². The number of rotatable bonds is 4. The Morgan fingerprint density at radius 3 is 2.88 bits per heavy atom. The molecule has 1 aromatic heterocycles. The van der Waals surface area contributed by atoms with E-state index in [0.29, 0.717) is 6.54 Å². The Balaban J connectivity index is 1.51. The lowest BCUT2D eigenvalue weighted by atomic mass is 10.0. The van der Waals surface area contributed by atoms with Crippen LogP contribution < -0.4 is 5.32 Å². The first-order valence-corrected chi connectivity index (χ1v) is 11.1. The molecule has 6 heteroatoms. The van der Waals surface area contributed by atoms with Crippen LogP contribution in [0, 0.1) is 6.92 Å². The number of hydrogen-bond acceptors (Lipinski definition) is 3. The number of aromatic amines is 1. The molecule has 0 unspecified atom stereocenters. The van der Waals surface area contributed by atoms with Gasteiger partial charge in [-0.15, -0.1) is 0 Å². The van der Waals surface area contributed by atoms with Crippen molar-refractivity contribution in [1.82, 2.24) is 15.1 Å². The fourth-order valence-corrected chi connectivity index (χ4v) is 4.38. The molecule has 0 fully saturated rings. The topological polar surface area (TPSA) is 73.4 Å². The molecule has 0 spiro atoms. The van der Waals surface area contributed by atoms with Crippen molar-refractivity contribution < 1.29 is 4.79 Å². The first kappa shape index (κ1) is 20.2. The molecule has 3 heterocycles. The van der Waals surface area contributed by atoms with Gasteiger partial charge in [0.1, 0.15) is 5.69 Å². The van der Waals surface area contributed by atoms with E-state index in [1.54, 1.807) is 0 Å². The number of nitrogens with one attached hydrogen (secondary N) is 2. The van der Waals surface area contributed by atoms with E-state index in [-0.39, 0.29) is 12.1 Å². The highest BCUT2D eigenvalue weighted by molar-refractivity contribution is 6.14. The Bertz CT molecular complexity index is 1300. The quantitative estimate of drug-likeness (QED) is 0.556. The molecule has 6 nitrogen and oxygen atoms in total. The monoisotopic (exact) mass is 425 g/mol. The second-order valence-corrected chi connectivity index (χ2v) is 8.55. The van der Waals surface area contributed by atoms with E-state index in [1.807, 2.05) is 23.2 Å². The molecule has 2 aliphatic rings. The van der Waals surface area contributed by atoms with Gasteiger partial charge in [-0.25, -0.2) is 4.79 Å². The molecule has 2 N–H and O–H groups in total. The standard InChI is InChI=1S/C26H27N5O/c1-4-18-8-9-20(14-27-13-18)25-22-11-21-15-31(17(3)19-7-5-6-16(2)10-19)26(32)28-23(21)12-24(22)29-30-25/h5-12,14,17H,4,13,15H2,1-3H3,(H,28,32)(H,29,30)/t17-/m1/s1. The normalized spacial score (nSPS) is 16.8. The van der Waals surface area contributed by atoms with Gasteiger partial charge in [0.05, 0.1) is 24.6 Å². The lowest BCUT2D eigenvalue weighted by Crippen LogP contribution is -2.40. The van der Waals surface area contributed by atoms with Crippen LogP contribution in [0.1, 0.15) is 48.7 Å². The van der Waals surface area contributed by atoms with Gasteiger partial charge in [0, 0.05) is 22.9 Å². The van der Waals surface area contributed by atoms with E-state index in [9.17, 15) is 4.79 Å². The van der Waals surface area contributed by atoms with Gasteiger partial charge in [0.15, 0.2) is 0 Å². The highest BCUT2D eigenvalue weighted by Gasteiger charge is 2.28. The van der Waals surface area contributed by atoms with Crippen molar-refractivity contribution >= 4 is 34.4 Å². The lowest BCUT2D eigenvalue weighted by Gasteiger charge is -2.34. The van der Waals surface area contributed by atoms with Crippen molar-refractivity contribution in [2.45, 2.75) is 39.8 Å². The predicted molar refractivity (Wildman–Crippen MR) is 130 cm³/mol. The summed E-state index contributed by atoms with van der Waals surface area (Å²) in [7, 11) is 0. The fourth-order valence-electron chi connectivity index (χ4n) is 4.38. The maximum absolute atomic E-state index is 12.9. The predicted octanol–water partition coefficient (Wildman–Crippen LogP) is 5.78. The van der Waals surface area contributed by atoms with Crippen LogP contribution in [0.4, 0.5) is 10.5 Å². The van der Waals surface area contributed by atoms with Crippen molar-refractivity contribution in [2.75, 3.05) is 11.9 Å². The molecule has 1 atom stereocenters. The number of urea groups is 1. The van der Waals surface area contributed by atoms with Crippen LogP contribution in [0.5, 0.6) is 0 Å². The van der Waals surface area contributed by atoms with Gasteiger partial charge in [-0.1, -0.05) is 48.9 Å². The number of anilines is 1. The summed E-state index contributed by atoms with van der Waals surface area (Å²) < 4.78 is 0. The van der Waals surface area contributed by atoms with Gasteiger partial charge in [-0.05, 0) is 49.1 Å². The minimum absolute atomic E-state index is 0.0307. The number of allylic oxidation sites excluding steroid dienone is 3. The van der Waals surface area contributed by atoms with Gasteiger partial charge >= 0.3 is 6.03 Å². The summed E-state index contributed by atoms with van der Waals surface area (Å²) in [6.07, 6.45) is 7.14. The second kappa shape index (κ2) is 8.11. The molecule has 32 heavy (non-hydrogen) atoms. The number of carbonyl (C=O) groups excluding carboxylic acids is 1. The molecule has 3 aromatic rings. The smallest absolute Gasteiger partial charge is 0.313 e. The van der Waals surface area contributed by atoms with Gasteiger partial charge < -0.3 is 10.2 Å². The zero-order valence-corrected chi connectivity index (χ0v) is 18.6. The number of carbonyl (C=O) groups is 1. The largest absolute Gasteiger partial charge is 0.322 e. The van der Waals surface area contributed by atoms with E-state index < -0.39 is 0 Å².